The first-order chi connectivity index (χ1) is 10.2. The number of hydrogen-bond donors (Lipinski definition) is 0. The molecule has 0 aliphatic carbocycles. The first kappa shape index (κ1) is 13.6. The Morgan fingerprint density at radius 2 is 1.48 bits per heavy atom. The minimum atomic E-state index is -0.268. The molecule has 0 saturated carbocycles. The van der Waals surface area contributed by atoms with E-state index in [0.717, 1.165) is 0 Å². The van der Waals surface area contributed by atoms with Crippen molar-refractivity contribution in [1.82, 2.24) is 4.90 Å². The summed E-state index contributed by atoms with van der Waals surface area (Å²) in [5.41, 5.74) is 0.906. The second kappa shape index (κ2) is 5.58. The Morgan fingerprint density at radius 3 is 2.05 bits per heavy atom. The maximum atomic E-state index is 12.1. The van der Waals surface area contributed by atoms with E-state index in [1.807, 2.05) is 0 Å². The third kappa shape index (κ3) is 2.62. The molecule has 2 amide bonds. The number of nitrogens with zero attached hydrogens (tertiary/aromatic N) is 1. The molecule has 0 N–H and O–H groups in total. The van der Waals surface area contributed by atoms with E-state index < -0.39 is 0 Å². The van der Waals surface area contributed by atoms with Gasteiger partial charge in [0.15, 0.2) is 0 Å². The van der Waals surface area contributed by atoms with E-state index in [1.165, 1.54) is 4.90 Å². The number of amides is 2. The number of ether oxygens (including phenoxy) is 1. The van der Waals surface area contributed by atoms with Crippen molar-refractivity contribution in [2.75, 3.05) is 13.2 Å². The molecule has 0 bridgehead atoms. The van der Waals surface area contributed by atoms with Crippen molar-refractivity contribution in [1.29, 1.82) is 0 Å². The van der Waals surface area contributed by atoms with Crippen molar-refractivity contribution in [3.63, 3.8) is 0 Å². The highest BCUT2D eigenvalue weighted by Gasteiger charge is 2.34. The predicted molar refractivity (Wildman–Crippen MR) is 78.8 cm³/mol. The molecule has 4 nitrogen and oxygen atoms in total. The van der Waals surface area contributed by atoms with E-state index in [-0.39, 0.29) is 25.0 Å². The van der Waals surface area contributed by atoms with Gasteiger partial charge in [-0.3, -0.25) is 14.5 Å². The van der Waals surface area contributed by atoms with Crippen LogP contribution in [0.4, 0.5) is 0 Å². The predicted octanol–water partition coefficient (Wildman–Crippen LogP) is 3.02. The van der Waals surface area contributed by atoms with Crippen molar-refractivity contribution in [2.45, 2.75) is 0 Å². The molecule has 1 aliphatic heterocycles. The first-order valence-corrected chi connectivity index (χ1v) is 6.88. The Balaban J connectivity index is 1.63. The van der Waals surface area contributed by atoms with E-state index in [0.29, 0.717) is 21.9 Å². The number of benzene rings is 2. The van der Waals surface area contributed by atoms with Gasteiger partial charge in [0.2, 0.25) is 0 Å². The smallest absolute Gasteiger partial charge is 0.261 e. The van der Waals surface area contributed by atoms with Crippen LogP contribution in [0.25, 0.3) is 0 Å². The first-order valence-electron chi connectivity index (χ1n) is 6.50. The number of hydrogen-bond acceptors (Lipinski definition) is 3. The molecule has 0 fully saturated rings. The third-order valence-corrected chi connectivity index (χ3v) is 3.53. The quantitative estimate of drug-likeness (QED) is 0.816. The Kier molecular flexibility index (Phi) is 3.62. The molecule has 3 rings (SSSR count). The van der Waals surface area contributed by atoms with Gasteiger partial charge in [0, 0.05) is 5.02 Å². The number of carbonyl (C=O) groups is 2. The van der Waals surface area contributed by atoms with Crippen molar-refractivity contribution in [3.05, 3.63) is 64.7 Å². The average Bonchev–Trinajstić information content (AvgIpc) is 2.75. The van der Waals surface area contributed by atoms with Crippen LogP contribution < -0.4 is 4.74 Å². The molecule has 0 aromatic heterocycles. The van der Waals surface area contributed by atoms with Gasteiger partial charge in [-0.05, 0) is 36.4 Å². The van der Waals surface area contributed by atoms with E-state index in [1.54, 1.807) is 48.5 Å². The molecule has 5 heteroatoms. The van der Waals surface area contributed by atoms with E-state index in [4.69, 9.17) is 16.3 Å². The summed E-state index contributed by atoms with van der Waals surface area (Å²) >= 11 is 5.79. The molecular formula is C16H12ClNO3. The Hall–Kier alpha value is -2.33. The highest BCUT2D eigenvalue weighted by molar-refractivity contribution is 6.30. The van der Waals surface area contributed by atoms with Gasteiger partial charge >= 0.3 is 0 Å². The summed E-state index contributed by atoms with van der Waals surface area (Å²) in [7, 11) is 0. The molecular weight excluding hydrogens is 290 g/mol. The molecule has 0 spiro atoms. The second-order valence-electron chi connectivity index (χ2n) is 4.61. The van der Waals surface area contributed by atoms with Gasteiger partial charge in [0.25, 0.3) is 11.8 Å². The summed E-state index contributed by atoms with van der Waals surface area (Å²) in [5.74, 6) is 0.113. The van der Waals surface area contributed by atoms with Crippen LogP contribution in [0.1, 0.15) is 20.7 Å². The van der Waals surface area contributed by atoms with Crippen LogP contribution >= 0.6 is 11.6 Å². The van der Waals surface area contributed by atoms with Gasteiger partial charge in [-0.2, -0.15) is 0 Å². The monoisotopic (exact) mass is 301 g/mol. The Morgan fingerprint density at radius 1 is 0.905 bits per heavy atom. The summed E-state index contributed by atoms with van der Waals surface area (Å²) in [6, 6.07) is 13.7. The standard InChI is InChI=1S/C16H12ClNO3/c17-11-5-7-12(8-6-11)21-10-9-18-15(19)13-3-1-2-4-14(13)16(18)20/h1-8H,9-10H2. The van der Waals surface area contributed by atoms with Crippen molar-refractivity contribution < 1.29 is 14.3 Å². The molecule has 0 atom stereocenters. The zero-order valence-corrected chi connectivity index (χ0v) is 11.8. The lowest BCUT2D eigenvalue weighted by Crippen LogP contribution is -2.33. The van der Waals surface area contributed by atoms with Crippen LogP contribution in [0.15, 0.2) is 48.5 Å². The van der Waals surface area contributed by atoms with Crippen LogP contribution in [0, 0.1) is 0 Å². The van der Waals surface area contributed by atoms with Gasteiger partial charge in [-0.15, -0.1) is 0 Å². The summed E-state index contributed by atoms with van der Waals surface area (Å²) in [6.45, 7) is 0.460. The fourth-order valence-electron chi connectivity index (χ4n) is 2.23. The van der Waals surface area contributed by atoms with Crippen molar-refractivity contribution in [2.24, 2.45) is 0 Å². The van der Waals surface area contributed by atoms with Crippen LogP contribution in [0.5, 0.6) is 5.75 Å². The van der Waals surface area contributed by atoms with Gasteiger partial charge in [0.05, 0.1) is 17.7 Å². The maximum Gasteiger partial charge on any atom is 0.261 e. The molecule has 2 aromatic carbocycles. The van der Waals surface area contributed by atoms with E-state index in [2.05, 4.69) is 0 Å². The SMILES string of the molecule is O=C1c2ccccc2C(=O)N1CCOc1ccc(Cl)cc1. The largest absolute Gasteiger partial charge is 0.492 e. The zero-order chi connectivity index (χ0) is 14.8. The lowest BCUT2D eigenvalue weighted by molar-refractivity contribution is 0.0631. The highest BCUT2D eigenvalue weighted by Crippen LogP contribution is 2.22. The normalized spacial score (nSPS) is 13.5. The van der Waals surface area contributed by atoms with Gasteiger partial charge < -0.3 is 4.74 Å². The van der Waals surface area contributed by atoms with Gasteiger partial charge in [-0.25, -0.2) is 0 Å². The maximum absolute atomic E-state index is 12.1. The fourth-order valence-corrected chi connectivity index (χ4v) is 2.35. The highest BCUT2D eigenvalue weighted by atomic mass is 35.5. The molecule has 2 aromatic rings. The molecule has 0 unspecified atom stereocenters. The van der Waals surface area contributed by atoms with Crippen LogP contribution in [0.2, 0.25) is 5.02 Å². The lowest BCUT2D eigenvalue weighted by atomic mass is 10.1. The number of rotatable bonds is 4. The molecule has 1 heterocycles. The molecule has 21 heavy (non-hydrogen) atoms. The third-order valence-electron chi connectivity index (χ3n) is 3.28. The number of fused-ring (bicyclic) bond motifs is 1. The second-order valence-corrected chi connectivity index (χ2v) is 5.05. The minimum absolute atomic E-state index is 0.217. The van der Waals surface area contributed by atoms with Gasteiger partial charge in [-0.1, -0.05) is 23.7 Å². The van der Waals surface area contributed by atoms with Crippen LogP contribution in [0.3, 0.4) is 0 Å². The average molecular weight is 302 g/mol. The van der Waals surface area contributed by atoms with Gasteiger partial charge in [0.1, 0.15) is 12.4 Å². The van der Waals surface area contributed by atoms with E-state index >= 15 is 0 Å². The lowest BCUT2D eigenvalue weighted by Gasteiger charge is -2.14. The van der Waals surface area contributed by atoms with Crippen LogP contribution in [-0.2, 0) is 0 Å². The molecule has 1 aliphatic rings. The molecule has 0 radical (unpaired) electrons. The summed E-state index contributed by atoms with van der Waals surface area (Å²) < 4.78 is 5.51. The topological polar surface area (TPSA) is 46.6 Å². The van der Waals surface area contributed by atoms with Crippen molar-refractivity contribution >= 4 is 23.4 Å². The molecule has 0 saturated heterocycles. The summed E-state index contributed by atoms with van der Waals surface area (Å²) in [5, 5.41) is 0.627. The summed E-state index contributed by atoms with van der Waals surface area (Å²) in [4.78, 5) is 25.5. The fraction of sp³-hybridized carbons (Fsp3) is 0.125. The zero-order valence-electron chi connectivity index (χ0n) is 11.1. The Bertz CT molecular complexity index is 662. The number of carbonyl (C=O) groups excluding carboxylic acids is 2. The Labute approximate surface area is 126 Å². The minimum Gasteiger partial charge on any atom is -0.492 e. The number of imide groups is 1. The number of halogens is 1. The molecule has 106 valence electrons. The van der Waals surface area contributed by atoms with Crippen LogP contribution in [-0.4, -0.2) is 29.9 Å². The van der Waals surface area contributed by atoms with E-state index in [9.17, 15) is 9.59 Å². The summed E-state index contributed by atoms with van der Waals surface area (Å²) in [6.07, 6.45) is 0. The van der Waals surface area contributed by atoms with Crippen molar-refractivity contribution in [3.8, 4) is 5.75 Å².